The summed E-state index contributed by atoms with van der Waals surface area (Å²) in [7, 11) is 0. The normalized spacial score (nSPS) is 21.2. The molecule has 0 unspecified atom stereocenters. The van der Waals surface area contributed by atoms with Crippen LogP contribution in [0.15, 0.2) is 34.0 Å². The summed E-state index contributed by atoms with van der Waals surface area (Å²) in [5.41, 5.74) is 1.82. The van der Waals surface area contributed by atoms with Crippen LogP contribution in [0.2, 0.25) is 0 Å². The van der Waals surface area contributed by atoms with Gasteiger partial charge in [0.15, 0.2) is 0 Å². The van der Waals surface area contributed by atoms with E-state index in [0.29, 0.717) is 12.8 Å². The summed E-state index contributed by atoms with van der Waals surface area (Å²) in [5.74, 6) is 0.211. The first kappa shape index (κ1) is 7.16. The van der Waals surface area contributed by atoms with Gasteiger partial charge in [-0.05, 0) is 11.6 Å². The third-order valence-corrected chi connectivity index (χ3v) is 1.85. The molecule has 0 saturated heterocycles. The van der Waals surface area contributed by atoms with Crippen LogP contribution in [0.1, 0.15) is 12.8 Å². The molecule has 12 heavy (non-hydrogen) atoms. The molecule has 0 spiro atoms. The van der Waals surface area contributed by atoms with Crippen LogP contribution in [0.4, 0.5) is 0 Å². The van der Waals surface area contributed by atoms with Gasteiger partial charge in [0, 0.05) is 12.6 Å². The lowest BCUT2D eigenvalue weighted by molar-refractivity contribution is -0.117. The van der Waals surface area contributed by atoms with Crippen LogP contribution < -0.4 is 0 Å². The van der Waals surface area contributed by atoms with E-state index in [1.54, 1.807) is 6.21 Å². The van der Waals surface area contributed by atoms with Crippen molar-refractivity contribution in [2.75, 3.05) is 0 Å². The predicted molar refractivity (Wildman–Crippen MR) is 47.4 cm³/mol. The molecule has 2 aliphatic rings. The number of ketones is 1. The van der Waals surface area contributed by atoms with Gasteiger partial charge in [-0.15, -0.1) is 0 Å². The first-order chi connectivity index (χ1) is 5.86. The molecule has 0 atom stereocenters. The first-order valence-electron chi connectivity index (χ1n) is 3.85. The number of carbonyl (C=O) groups is 1. The second kappa shape index (κ2) is 2.85. The van der Waals surface area contributed by atoms with E-state index in [-0.39, 0.29) is 5.78 Å². The van der Waals surface area contributed by atoms with Gasteiger partial charge in [-0.3, -0.25) is 4.79 Å². The van der Waals surface area contributed by atoms with Crippen LogP contribution in [0.25, 0.3) is 0 Å². The number of allylic oxidation sites excluding steroid dienone is 4. The summed E-state index contributed by atoms with van der Waals surface area (Å²) in [5, 5.41) is 7.70. The number of Topliss-reactive ketones (excluding diaryl/α,β-unsaturated/α-hetero) is 1. The van der Waals surface area contributed by atoms with E-state index in [0.717, 1.165) is 11.3 Å². The van der Waals surface area contributed by atoms with E-state index < -0.39 is 0 Å². The van der Waals surface area contributed by atoms with Crippen molar-refractivity contribution in [2.24, 2.45) is 10.2 Å². The zero-order chi connectivity index (χ0) is 8.39. The highest BCUT2D eigenvalue weighted by molar-refractivity contribution is 6.15. The van der Waals surface area contributed by atoms with Gasteiger partial charge < -0.3 is 0 Å². The lowest BCUT2D eigenvalue weighted by Crippen LogP contribution is -2.13. The molecule has 0 radical (unpaired) electrons. The van der Waals surface area contributed by atoms with Gasteiger partial charge in [-0.1, -0.05) is 12.2 Å². The largest absolute Gasteiger partial charge is 0.299 e. The monoisotopic (exact) mass is 160 g/mol. The Morgan fingerprint density at radius 2 is 2.33 bits per heavy atom. The fourth-order valence-corrected chi connectivity index (χ4v) is 1.25. The summed E-state index contributed by atoms with van der Waals surface area (Å²) in [4.78, 5) is 11.0. The van der Waals surface area contributed by atoms with Gasteiger partial charge in [0.2, 0.25) is 0 Å². The Morgan fingerprint density at radius 1 is 1.42 bits per heavy atom. The third-order valence-electron chi connectivity index (χ3n) is 1.85. The molecule has 0 aromatic heterocycles. The van der Waals surface area contributed by atoms with E-state index >= 15 is 0 Å². The minimum Gasteiger partial charge on any atom is -0.299 e. The van der Waals surface area contributed by atoms with Crippen molar-refractivity contribution in [3.63, 3.8) is 0 Å². The number of carbonyl (C=O) groups excluding carboxylic acids is 1. The average molecular weight is 160 g/mol. The molecule has 0 N–H and O–H groups in total. The van der Waals surface area contributed by atoms with Crippen molar-refractivity contribution in [3.05, 3.63) is 23.8 Å². The molecule has 0 aromatic carbocycles. The van der Waals surface area contributed by atoms with Crippen LogP contribution in [0.5, 0.6) is 0 Å². The van der Waals surface area contributed by atoms with Crippen molar-refractivity contribution in [1.29, 1.82) is 0 Å². The first-order valence-corrected chi connectivity index (χ1v) is 3.85. The van der Waals surface area contributed by atoms with Gasteiger partial charge in [-0.25, -0.2) is 0 Å². The Hall–Kier alpha value is -1.51. The maximum absolute atomic E-state index is 11.0. The van der Waals surface area contributed by atoms with Crippen molar-refractivity contribution < 1.29 is 4.79 Å². The van der Waals surface area contributed by atoms with Crippen molar-refractivity contribution in [2.45, 2.75) is 12.8 Å². The molecule has 3 heteroatoms. The SMILES string of the molecule is O=C1CC=C2C=CC=NN=C2C1. The van der Waals surface area contributed by atoms with E-state index in [1.807, 2.05) is 18.2 Å². The Labute approximate surface area is 70.2 Å². The summed E-state index contributed by atoms with van der Waals surface area (Å²) < 4.78 is 0. The van der Waals surface area contributed by atoms with Gasteiger partial charge in [-0.2, -0.15) is 10.2 Å². The molecule has 60 valence electrons. The average Bonchev–Trinajstić information content (AvgIpc) is 2.28. The van der Waals surface area contributed by atoms with Crippen molar-refractivity contribution >= 4 is 17.7 Å². The molecule has 2 rings (SSSR count). The van der Waals surface area contributed by atoms with Gasteiger partial charge in [0.1, 0.15) is 5.78 Å². The second-order valence-corrected chi connectivity index (χ2v) is 2.75. The fourth-order valence-electron chi connectivity index (χ4n) is 1.25. The van der Waals surface area contributed by atoms with Gasteiger partial charge >= 0.3 is 0 Å². The van der Waals surface area contributed by atoms with Crippen molar-refractivity contribution in [1.82, 2.24) is 0 Å². The molecule has 0 fully saturated rings. The van der Waals surface area contributed by atoms with Crippen LogP contribution in [-0.4, -0.2) is 17.7 Å². The Bertz CT molecular complexity index is 334. The zero-order valence-corrected chi connectivity index (χ0v) is 6.53. The highest BCUT2D eigenvalue weighted by atomic mass is 16.1. The second-order valence-electron chi connectivity index (χ2n) is 2.75. The maximum Gasteiger partial charge on any atom is 0.142 e. The molecular formula is C9H8N2O. The summed E-state index contributed by atoms with van der Waals surface area (Å²) in [6.07, 6.45) is 8.23. The molecule has 0 aromatic rings. The minimum absolute atomic E-state index is 0.211. The minimum atomic E-state index is 0.211. The lowest BCUT2D eigenvalue weighted by Gasteiger charge is -2.09. The molecule has 1 heterocycles. The quantitative estimate of drug-likeness (QED) is 0.526. The molecule has 1 aliphatic carbocycles. The third kappa shape index (κ3) is 1.25. The Balaban J connectivity index is 2.41. The summed E-state index contributed by atoms with van der Waals surface area (Å²) >= 11 is 0. The molecular weight excluding hydrogens is 152 g/mol. The topological polar surface area (TPSA) is 41.8 Å². The van der Waals surface area contributed by atoms with Crippen LogP contribution >= 0.6 is 0 Å². The molecule has 3 nitrogen and oxygen atoms in total. The van der Waals surface area contributed by atoms with E-state index in [4.69, 9.17) is 0 Å². The smallest absolute Gasteiger partial charge is 0.142 e. The van der Waals surface area contributed by atoms with Crippen molar-refractivity contribution in [3.8, 4) is 0 Å². The van der Waals surface area contributed by atoms with Gasteiger partial charge in [0.05, 0.1) is 12.1 Å². The number of nitrogens with zero attached hydrogens (tertiary/aromatic N) is 2. The number of rotatable bonds is 0. The highest BCUT2D eigenvalue weighted by Gasteiger charge is 2.16. The Morgan fingerprint density at radius 3 is 3.25 bits per heavy atom. The standard InChI is InChI=1S/C9H8N2O/c12-8-4-3-7-2-1-5-10-11-9(7)6-8/h1-3,5H,4,6H2. The van der Waals surface area contributed by atoms with E-state index in [9.17, 15) is 4.79 Å². The fraction of sp³-hybridized carbons (Fsp3) is 0.222. The van der Waals surface area contributed by atoms with Crippen LogP contribution in [0.3, 0.4) is 0 Å². The highest BCUT2D eigenvalue weighted by Crippen LogP contribution is 2.15. The number of hydrogen-bond donors (Lipinski definition) is 0. The number of hydrogen-bond acceptors (Lipinski definition) is 3. The van der Waals surface area contributed by atoms with E-state index in [2.05, 4.69) is 10.2 Å². The number of fused-ring (bicyclic) bond motifs is 1. The molecule has 0 saturated carbocycles. The van der Waals surface area contributed by atoms with Crippen LogP contribution in [-0.2, 0) is 4.79 Å². The zero-order valence-electron chi connectivity index (χ0n) is 6.53. The molecule has 1 aliphatic heterocycles. The molecule has 0 bridgehead atoms. The van der Waals surface area contributed by atoms with Gasteiger partial charge in [0.25, 0.3) is 0 Å². The van der Waals surface area contributed by atoms with E-state index in [1.165, 1.54) is 0 Å². The molecule has 0 amide bonds. The summed E-state index contributed by atoms with van der Waals surface area (Å²) in [6, 6.07) is 0. The predicted octanol–water partition coefficient (Wildman–Crippen LogP) is 1.27. The Kier molecular flexibility index (Phi) is 1.70. The lowest BCUT2D eigenvalue weighted by atomic mass is 9.96. The van der Waals surface area contributed by atoms with Crippen LogP contribution in [0, 0.1) is 0 Å². The maximum atomic E-state index is 11.0. The summed E-state index contributed by atoms with van der Waals surface area (Å²) in [6.45, 7) is 0.